The maximum absolute atomic E-state index is 10.8. The van der Waals surface area contributed by atoms with Gasteiger partial charge in [-0.25, -0.2) is 13.9 Å². The third-order valence-corrected chi connectivity index (χ3v) is 3.05. The molecule has 0 saturated heterocycles. The van der Waals surface area contributed by atoms with Crippen LogP contribution in [0.1, 0.15) is 25.0 Å². The predicted molar refractivity (Wildman–Crippen MR) is 139 cm³/mol. The van der Waals surface area contributed by atoms with E-state index in [2.05, 4.69) is 44.7 Å². The van der Waals surface area contributed by atoms with Gasteiger partial charge in [0.05, 0.1) is 19.3 Å². The van der Waals surface area contributed by atoms with E-state index in [4.69, 9.17) is 53.1 Å². The fraction of sp³-hybridized carbons (Fsp3) is 0.348. The summed E-state index contributed by atoms with van der Waals surface area (Å²) in [4.78, 5) is 53.9. The molecule has 212 valence electrons. The molecule has 2 aromatic carbocycles. The van der Waals surface area contributed by atoms with Crippen molar-refractivity contribution in [3.05, 3.63) is 83.9 Å². The summed E-state index contributed by atoms with van der Waals surface area (Å²) in [5.74, 6) is -0.416. The molecule has 0 aliphatic heterocycles. The van der Waals surface area contributed by atoms with Gasteiger partial charge in [-0.1, -0.05) is 78.4 Å². The van der Waals surface area contributed by atoms with Gasteiger partial charge in [0.1, 0.15) is 6.61 Å². The number of aliphatic hydroxyl groups is 1. The maximum Gasteiger partial charge on any atom is 0.466 e. The molecular weight excluding hydrogens is 530 g/mol. The molecule has 0 radical (unpaired) electrons. The third kappa shape index (κ3) is 51.3. The number of ether oxygens (including phenoxy) is 2. The van der Waals surface area contributed by atoms with Gasteiger partial charge in [0, 0.05) is 5.57 Å². The average molecular weight is 568 g/mol. The zero-order valence-electron chi connectivity index (χ0n) is 21.2. The number of hydrogen-bond acceptors (Lipinski definition) is 6. The number of phosphoric acid groups is 2. The second kappa shape index (κ2) is 22.9. The second-order valence-electron chi connectivity index (χ2n) is 7.18. The van der Waals surface area contributed by atoms with Crippen molar-refractivity contribution in [3.63, 3.8) is 0 Å². The van der Waals surface area contributed by atoms with Crippen LogP contribution < -0.4 is 0 Å². The van der Waals surface area contributed by atoms with Gasteiger partial charge in [-0.15, -0.1) is 0 Å². The van der Waals surface area contributed by atoms with Crippen LogP contribution in [0.2, 0.25) is 0 Å². The summed E-state index contributed by atoms with van der Waals surface area (Å²) in [6.07, 6.45) is -0.489. The fourth-order valence-electron chi connectivity index (χ4n) is 1.64. The molecule has 0 amide bonds. The first kappa shape index (κ1) is 39.3. The van der Waals surface area contributed by atoms with Crippen LogP contribution in [-0.4, -0.2) is 66.4 Å². The summed E-state index contributed by atoms with van der Waals surface area (Å²) < 4.78 is 27.5. The first-order valence-corrected chi connectivity index (χ1v) is 13.6. The molecule has 7 N–H and O–H groups in total. The van der Waals surface area contributed by atoms with Gasteiger partial charge >= 0.3 is 21.6 Å². The van der Waals surface area contributed by atoms with E-state index in [0.29, 0.717) is 12.2 Å². The highest BCUT2D eigenvalue weighted by molar-refractivity contribution is 7.45. The molecular formula is C23H38O12P2. The summed E-state index contributed by atoms with van der Waals surface area (Å²) >= 11 is 0. The molecule has 0 aliphatic carbocycles. The second-order valence-corrected chi connectivity index (χ2v) is 9.23. The van der Waals surface area contributed by atoms with Crippen LogP contribution in [0.5, 0.6) is 0 Å². The molecule has 2 aromatic rings. The van der Waals surface area contributed by atoms with Crippen LogP contribution in [-0.2, 0) is 23.4 Å². The quantitative estimate of drug-likeness (QED) is 0.116. The first-order valence-electron chi connectivity index (χ1n) is 10.5. The van der Waals surface area contributed by atoms with E-state index >= 15 is 0 Å². The van der Waals surface area contributed by atoms with Crippen molar-refractivity contribution in [1.29, 1.82) is 0 Å². The number of esters is 1. The van der Waals surface area contributed by atoms with E-state index in [0.717, 1.165) is 0 Å². The van der Waals surface area contributed by atoms with Crippen LogP contribution in [0.15, 0.2) is 72.8 Å². The Labute approximate surface area is 217 Å². The molecule has 1 unspecified atom stereocenters. The van der Waals surface area contributed by atoms with Crippen LogP contribution in [0.25, 0.3) is 0 Å². The molecule has 0 aliphatic rings. The Bertz CT molecular complexity index is 851. The molecule has 14 heteroatoms. The largest absolute Gasteiger partial charge is 0.466 e. The topological polar surface area (TPSA) is 211 Å². The third-order valence-electron chi connectivity index (χ3n) is 3.05. The number of aryl methyl sites for hydroxylation is 2. The molecule has 12 nitrogen and oxygen atoms in total. The summed E-state index contributed by atoms with van der Waals surface area (Å²) in [6, 6.07) is 20.5. The number of rotatable bonds is 6. The van der Waals surface area contributed by atoms with E-state index < -0.39 is 27.7 Å². The van der Waals surface area contributed by atoms with Gasteiger partial charge < -0.3 is 43.9 Å². The number of carbonyl (C=O) groups is 1. The molecule has 2 rings (SSSR count). The van der Waals surface area contributed by atoms with E-state index in [1.807, 2.05) is 36.4 Å². The molecule has 1 atom stereocenters. The van der Waals surface area contributed by atoms with Gasteiger partial charge in [0.15, 0.2) is 0 Å². The standard InChI is InChI=1S/C9H16O4.2C7H8.2H3O4P/c1-7(2)9(11)13-5-4-12-6-8(3)10;2*1-7-5-3-2-4-6-7;2*1-5(2,3)4/h8,10H,1,4-6H2,2-3H3;2*2-6H,1H3;2*(H3,1,2,3,4). The van der Waals surface area contributed by atoms with Gasteiger partial charge in [0.25, 0.3) is 0 Å². The highest BCUT2D eigenvalue weighted by atomic mass is 31.2. The number of hydrogen-bond donors (Lipinski definition) is 7. The first-order chi connectivity index (χ1) is 16.8. The molecule has 37 heavy (non-hydrogen) atoms. The summed E-state index contributed by atoms with van der Waals surface area (Å²) in [7, 11) is -9.28. The normalized spacial score (nSPS) is 10.8. The molecule has 0 aromatic heterocycles. The van der Waals surface area contributed by atoms with Crippen molar-refractivity contribution >= 4 is 21.6 Å². The molecule has 0 bridgehead atoms. The lowest BCUT2D eigenvalue weighted by Crippen LogP contribution is -2.15. The Balaban J connectivity index is -0.000000414. The van der Waals surface area contributed by atoms with E-state index in [1.54, 1.807) is 13.8 Å². The summed E-state index contributed by atoms with van der Waals surface area (Å²) in [5.41, 5.74) is 3.01. The van der Waals surface area contributed by atoms with Crippen LogP contribution >= 0.6 is 15.6 Å². The van der Waals surface area contributed by atoms with Crippen LogP contribution in [0, 0.1) is 13.8 Å². The van der Waals surface area contributed by atoms with Crippen molar-refractivity contribution in [2.45, 2.75) is 33.8 Å². The average Bonchev–Trinajstić information content (AvgIpc) is 2.73. The smallest absolute Gasteiger partial charge is 0.460 e. The number of carbonyl (C=O) groups excluding carboxylic acids is 1. The van der Waals surface area contributed by atoms with Crippen molar-refractivity contribution in [2.75, 3.05) is 19.8 Å². The SMILES string of the molecule is C=C(C)C(=O)OCCOCC(C)O.Cc1ccccc1.Cc1ccccc1.O=P(O)(O)O.O=P(O)(O)O. The lowest BCUT2D eigenvalue weighted by atomic mass is 10.2. The Kier molecular flexibility index (Phi) is 24.4. The highest BCUT2D eigenvalue weighted by Gasteiger charge is 2.02. The zero-order valence-corrected chi connectivity index (χ0v) is 23.0. The van der Waals surface area contributed by atoms with Crippen molar-refractivity contribution < 1.29 is 57.9 Å². The summed E-state index contributed by atoms with van der Waals surface area (Å²) in [5, 5.41) is 8.80. The van der Waals surface area contributed by atoms with Crippen LogP contribution in [0.3, 0.4) is 0 Å². The minimum atomic E-state index is -4.64. The molecule has 0 saturated carbocycles. The molecule has 0 fully saturated rings. The van der Waals surface area contributed by atoms with Crippen molar-refractivity contribution in [1.82, 2.24) is 0 Å². The fourth-order valence-corrected chi connectivity index (χ4v) is 1.64. The monoisotopic (exact) mass is 568 g/mol. The summed E-state index contributed by atoms with van der Waals surface area (Å²) in [6.45, 7) is 11.5. The Hall–Kier alpha value is -2.21. The Morgan fingerprint density at radius 3 is 1.35 bits per heavy atom. The Morgan fingerprint density at radius 1 is 0.811 bits per heavy atom. The maximum atomic E-state index is 10.8. The molecule has 0 spiro atoms. The minimum Gasteiger partial charge on any atom is -0.460 e. The van der Waals surface area contributed by atoms with Gasteiger partial charge in [-0.05, 0) is 27.7 Å². The van der Waals surface area contributed by atoms with Crippen LogP contribution in [0.4, 0.5) is 0 Å². The van der Waals surface area contributed by atoms with Crippen molar-refractivity contribution in [2.24, 2.45) is 0 Å². The van der Waals surface area contributed by atoms with E-state index in [-0.39, 0.29) is 13.2 Å². The van der Waals surface area contributed by atoms with Gasteiger partial charge in [-0.3, -0.25) is 0 Å². The predicted octanol–water partition coefficient (Wildman–Crippen LogP) is 2.64. The van der Waals surface area contributed by atoms with E-state index in [9.17, 15) is 4.79 Å². The van der Waals surface area contributed by atoms with E-state index in [1.165, 1.54) is 11.1 Å². The number of aliphatic hydroxyl groups excluding tert-OH is 1. The minimum absolute atomic E-state index is 0.193. The Morgan fingerprint density at radius 2 is 1.14 bits per heavy atom. The lowest BCUT2D eigenvalue weighted by Gasteiger charge is -2.06. The van der Waals surface area contributed by atoms with Crippen molar-refractivity contribution in [3.8, 4) is 0 Å². The number of benzene rings is 2. The highest BCUT2D eigenvalue weighted by Crippen LogP contribution is 2.26. The van der Waals surface area contributed by atoms with Gasteiger partial charge in [-0.2, -0.15) is 0 Å². The molecule has 0 heterocycles. The zero-order chi connectivity index (χ0) is 29.5. The van der Waals surface area contributed by atoms with Gasteiger partial charge in [0.2, 0.25) is 0 Å². The lowest BCUT2D eigenvalue weighted by molar-refractivity contribution is -0.140.